The molecular formula is C18H27N3O3. The summed E-state index contributed by atoms with van der Waals surface area (Å²) in [5.41, 5.74) is 1.58. The second kappa shape index (κ2) is 8.26. The lowest BCUT2D eigenvalue weighted by Crippen LogP contribution is -2.44. The first-order valence-electron chi connectivity index (χ1n) is 8.40. The number of aliphatic carboxylic acids is 1. The number of carboxylic acid groups (broad SMARTS) is 1. The third-order valence-corrected chi connectivity index (χ3v) is 4.41. The summed E-state index contributed by atoms with van der Waals surface area (Å²) in [5, 5.41) is 11.8. The molecule has 6 heteroatoms. The van der Waals surface area contributed by atoms with Crippen LogP contribution in [0.25, 0.3) is 0 Å². The Kier molecular flexibility index (Phi) is 6.34. The maximum absolute atomic E-state index is 12.4. The molecule has 1 fully saturated rings. The van der Waals surface area contributed by atoms with Crippen LogP contribution in [0.5, 0.6) is 0 Å². The molecule has 2 N–H and O–H groups in total. The average Bonchev–Trinajstić information content (AvgIpc) is 2.54. The number of likely N-dealkylation sites (N-methyl/N-ethyl adjacent to an activating group) is 1. The van der Waals surface area contributed by atoms with Crippen molar-refractivity contribution in [3.8, 4) is 0 Å². The average molecular weight is 333 g/mol. The van der Waals surface area contributed by atoms with E-state index >= 15 is 0 Å². The minimum absolute atomic E-state index is 0.167. The molecule has 1 saturated heterocycles. The van der Waals surface area contributed by atoms with Gasteiger partial charge in [0.05, 0.1) is 0 Å². The Morgan fingerprint density at radius 1 is 1.21 bits per heavy atom. The summed E-state index contributed by atoms with van der Waals surface area (Å²) in [5.74, 6) is -1.51. The van der Waals surface area contributed by atoms with Crippen molar-refractivity contribution in [2.75, 3.05) is 33.2 Å². The van der Waals surface area contributed by atoms with Crippen LogP contribution < -0.4 is 5.32 Å². The van der Waals surface area contributed by atoms with Gasteiger partial charge in [-0.1, -0.05) is 26.0 Å². The first-order chi connectivity index (χ1) is 11.4. The molecule has 0 radical (unpaired) electrons. The van der Waals surface area contributed by atoms with E-state index in [-0.39, 0.29) is 11.8 Å². The van der Waals surface area contributed by atoms with Crippen LogP contribution in [0.3, 0.4) is 0 Å². The fourth-order valence-electron chi connectivity index (χ4n) is 2.81. The molecule has 0 aliphatic carbocycles. The summed E-state index contributed by atoms with van der Waals surface area (Å²) in [6, 6.07) is 6.56. The number of benzene rings is 1. The number of amides is 1. The summed E-state index contributed by atoms with van der Waals surface area (Å²) >= 11 is 0. The highest BCUT2D eigenvalue weighted by Crippen LogP contribution is 2.11. The van der Waals surface area contributed by atoms with Gasteiger partial charge in [-0.2, -0.15) is 0 Å². The molecular weight excluding hydrogens is 306 g/mol. The molecule has 24 heavy (non-hydrogen) atoms. The van der Waals surface area contributed by atoms with Crippen LogP contribution in [-0.4, -0.2) is 66.1 Å². The Morgan fingerprint density at radius 3 is 2.46 bits per heavy atom. The third-order valence-electron chi connectivity index (χ3n) is 4.41. The van der Waals surface area contributed by atoms with Crippen molar-refractivity contribution in [1.82, 2.24) is 15.1 Å². The lowest BCUT2D eigenvalue weighted by atomic mass is 10.0. The van der Waals surface area contributed by atoms with E-state index in [2.05, 4.69) is 22.2 Å². The van der Waals surface area contributed by atoms with Gasteiger partial charge >= 0.3 is 5.97 Å². The molecule has 1 amide bonds. The lowest BCUT2D eigenvalue weighted by molar-refractivity contribution is -0.140. The number of nitrogens with one attached hydrogen (secondary N) is 1. The summed E-state index contributed by atoms with van der Waals surface area (Å²) in [7, 11) is 2.12. The monoisotopic (exact) mass is 333 g/mol. The van der Waals surface area contributed by atoms with Gasteiger partial charge in [-0.25, -0.2) is 4.79 Å². The van der Waals surface area contributed by atoms with Crippen molar-refractivity contribution in [2.45, 2.75) is 26.4 Å². The molecule has 0 unspecified atom stereocenters. The minimum Gasteiger partial charge on any atom is -0.480 e. The number of carbonyl (C=O) groups excluding carboxylic acids is 1. The molecule has 1 aromatic carbocycles. The highest BCUT2D eigenvalue weighted by Gasteiger charge is 2.24. The summed E-state index contributed by atoms with van der Waals surface area (Å²) < 4.78 is 0. The Balaban J connectivity index is 2.01. The van der Waals surface area contributed by atoms with Gasteiger partial charge in [0.1, 0.15) is 6.04 Å². The molecule has 0 spiro atoms. The van der Waals surface area contributed by atoms with Gasteiger partial charge in [-0.15, -0.1) is 0 Å². The van der Waals surface area contributed by atoms with Crippen molar-refractivity contribution in [3.05, 3.63) is 35.4 Å². The van der Waals surface area contributed by atoms with E-state index < -0.39 is 12.0 Å². The second-order valence-corrected chi connectivity index (χ2v) is 6.81. The van der Waals surface area contributed by atoms with E-state index in [1.165, 1.54) is 0 Å². The number of hydrogen-bond donors (Lipinski definition) is 2. The number of nitrogens with zero attached hydrogens (tertiary/aromatic N) is 2. The topological polar surface area (TPSA) is 72.9 Å². The standard InChI is InChI=1S/C18H27N3O3/c1-13(2)16(18(23)24)19-17(22)15-6-4-5-14(11-15)12-21-9-7-20(3)8-10-21/h4-6,11,13,16H,7-10,12H2,1-3H3,(H,19,22)(H,23,24)/t16-/m0/s1. The van der Waals surface area contributed by atoms with E-state index in [0.29, 0.717) is 5.56 Å². The first-order valence-corrected chi connectivity index (χ1v) is 8.40. The number of carboxylic acids is 1. The summed E-state index contributed by atoms with van der Waals surface area (Å²) in [6.45, 7) is 8.50. The largest absolute Gasteiger partial charge is 0.480 e. The van der Waals surface area contributed by atoms with Crippen molar-refractivity contribution < 1.29 is 14.7 Å². The number of hydrogen-bond acceptors (Lipinski definition) is 4. The molecule has 1 heterocycles. The normalized spacial score (nSPS) is 17.7. The quantitative estimate of drug-likeness (QED) is 0.820. The first kappa shape index (κ1) is 18.4. The van der Waals surface area contributed by atoms with Gasteiger partial charge < -0.3 is 15.3 Å². The number of rotatable bonds is 6. The zero-order valence-electron chi connectivity index (χ0n) is 14.7. The van der Waals surface area contributed by atoms with Gasteiger partial charge in [0.15, 0.2) is 0 Å². The van der Waals surface area contributed by atoms with E-state index in [4.69, 9.17) is 0 Å². The van der Waals surface area contributed by atoms with Gasteiger partial charge in [-0.3, -0.25) is 9.69 Å². The Labute approximate surface area is 143 Å². The van der Waals surface area contributed by atoms with Crippen LogP contribution in [0.15, 0.2) is 24.3 Å². The molecule has 1 aliphatic rings. The molecule has 1 aliphatic heterocycles. The maximum atomic E-state index is 12.4. The minimum atomic E-state index is -1.01. The lowest BCUT2D eigenvalue weighted by Gasteiger charge is -2.32. The highest BCUT2D eigenvalue weighted by molar-refractivity contribution is 5.96. The number of carbonyl (C=O) groups is 2. The highest BCUT2D eigenvalue weighted by atomic mass is 16.4. The van der Waals surface area contributed by atoms with Crippen LogP contribution in [0, 0.1) is 5.92 Å². The molecule has 1 atom stereocenters. The third kappa shape index (κ3) is 5.04. The predicted molar refractivity (Wildman–Crippen MR) is 92.9 cm³/mol. The number of piperazine rings is 1. The zero-order valence-corrected chi connectivity index (χ0v) is 14.7. The molecule has 0 aromatic heterocycles. The van der Waals surface area contributed by atoms with Crippen LogP contribution in [0.1, 0.15) is 29.8 Å². The molecule has 2 rings (SSSR count). The van der Waals surface area contributed by atoms with Crippen LogP contribution >= 0.6 is 0 Å². The summed E-state index contributed by atoms with van der Waals surface area (Å²) in [4.78, 5) is 28.3. The smallest absolute Gasteiger partial charge is 0.326 e. The Morgan fingerprint density at radius 2 is 1.88 bits per heavy atom. The molecule has 132 valence electrons. The molecule has 0 bridgehead atoms. The van der Waals surface area contributed by atoms with E-state index in [1.807, 2.05) is 18.2 Å². The van der Waals surface area contributed by atoms with Gasteiger partial charge in [0.25, 0.3) is 5.91 Å². The van der Waals surface area contributed by atoms with Crippen LogP contribution in [0.2, 0.25) is 0 Å². The van der Waals surface area contributed by atoms with Crippen LogP contribution in [0.4, 0.5) is 0 Å². The van der Waals surface area contributed by atoms with Crippen molar-refractivity contribution >= 4 is 11.9 Å². The Hall–Kier alpha value is -1.92. The van der Waals surface area contributed by atoms with Gasteiger partial charge in [-0.05, 0) is 30.7 Å². The fraction of sp³-hybridized carbons (Fsp3) is 0.556. The summed E-state index contributed by atoms with van der Waals surface area (Å²) in [6.07, 6.45) is 0. The second-order valence-electron chi connectivity index (χ2n) is 6.81. The van der Waals surface area contributed by atoms with Gasteiger partial charge in [0.2, 0.25) is 0 Å². The molecule has 6 nitrogen and oxygen atoms in total. The van der Waals surface area contributed by atoms with Crippen molar-refractivity contribution in [1.29, 1.82) is 0 Å². The fourth-order valence-corrected chi connectivity index (χ4v) is 2.81. The van der Waals surface area contributed by atoms with Crippen molar-refractivity contribution in [3.63, 3.8) is 0 Å². The van der Waals surface area contributed by atoms with E-state index in [9.17, 15) is 14.7 Å². The molecule has 1 aromatic rings. The Bertz CT molecular complexity index is 581. The predicted octanol–water partition coefficient (Wildman–Crippen LogP) is 1.27. The van der Waals surface area contributed by atoms with E-state index in [0.717, 1.165) is 38.3 Å². The molecule has 0 saturated carbocycles. The van der Waals surface area contributed by atoms with E-state index in [1.54, 1.807) is 19.9 Å². The van der Waals surface area contributed by atoms with Crippen LogP contribution in [-0.2, 0) is 11.3 Å². The van der Waals surface area contributed by atoms with Crippen molar-refractivity contribution in [2.24, 2.45) is 5.92 Å². The zero-order chi connectivity index (χ0) is 17.7. The maximum Gasteiger partial charge on any atom is 0.326 e. The van der Waals surface area contributed by atoms with Gasteiger partial charge in [0, 0.05) is 38.3 Å². The SMILES string of the molecule is CC(C)[C@H](NC(=O)c1cccc(CN2CCN(C)CC2)c1)C(=O)O.